The van der Waals surface area contributed by atoms with Crippen molar-refractivity contribution in [3.63, 3.8) is 0 Å². The number of nitrogens with zero attached hydrogens (tertiary/aromatic N) is 2. The molecule has 0 fully saturated rings. The van der Waals surface area contributed by atoms with Crippen LogP contribution >= 0.6 is 0 Å². The largest absolute Gasteiger partial charge is 0.333 e. The predicted octanol–water partition coefficient (Wildman–Crippen LogP) is 4.71. The molecule has 4 nitrogen and oxygen atoms in total. The second-order valence-corrected chi connectivity index (χ2v) is 5.50. The Bertz CT molecular complexity index is 839. The first kappa shape index (κ1) is 22.7. The second kappa shape index (κ2) is 12.1. The smallest absolute Gasteiger partial charge is 0.247 e. The molecule has 0 aliphatic heterocycles. The Kier molecular flexibility index (Phi) is 9.86. The highest BCUT2D eigenvalue weighted by molar-refractivity contribution is 5.88. The molecule has 1 amide bonds. The normalized spacial score (nSPS) is 15.2. The molecule has 0 saturated carbocycles. The van der Waals surface area contributed by atoms with Crippen molar-refractivity contribution in [3.8, 4) is 0 Å². The predicted molar refractivity (Wildman–Crippen MR) is 106 cm³/mol. The fourth-order valence-corrected chi connectivity index (χ4v) is 2.06. The summed E-state index contributed by atoms with van der Waals surface area (Å²) in [5, 5.41) is 2.54. The Morgan fingerprint density at radius 2 is 2.11 bits per heavy atom. The van der Waals surface area contributed by atoms with Gasteiger partial charge in [-0.1, -0.05) is 31.4 Å². The van der Waals surface area contributed by atoms with Crippen molar-refractivity contribution in [2.24, 2.45) is 4.99 Å². The monoisotopic (exact) mass is 389 g/mol. The first-order chi connectivity index (χ1) is 13.4. The standard InChI is InChI=1S/C21H22F3N3O/c1-4-6-16(5-2)8-10-20(28)26-11-12-27(15-25-3)14-17-7-9-18(22)21(24)19(23)13-17/h5-8,10-13,15H,2,4,14H2,1,3H3,(H,26,28)/b10-8+,12-11+,16-6?,25-15?. The Hall–Kier alpha value is -3.31. The van der Waals surface area contributed by atoms with Gasteiger partial charge in [0.05, 0.1) is 6.34 Å². The summed E-state index contributed by atoms with van der Waals surface area (Å²) in [7, 11) is 1.52. The summed E-state index contributed by atoms with van der Waals surface area (Å²) in [5.41, 5.74) is 3.13. The Morgan fingerprint density at radius 3 is 2.75 bits per heavy atom. The number of amides is 1. The quantitative estimate of drug-likeness (QED) is 0.204. The van der Waals surface area contributed by atoms with Gasteiger partial charge in [0.25, 0.3) is 0 Å². The minimum atomic E-state index is -1.59. The highest BCUT2D eigenvalue weighted by atomic mass is 19.2. The third-order valence-corrected chi connectivity index (χ3v) is 3.32. The van der Waals surface area contributed by atoms with Crippen LogP contribution in [-0.2, 0) is 4.79 Å². The Labute approximate surface area is 162 Å². The zero-order valence-electron chi connectivity index (χ0n) is 15.8. The first-order valence-corrected chi connectivity index (χ1v) is 8.45. The zero-order chi connectivity index (χ0) is 20.9. The van der Waals surface area contributed by atoms with Gasteiger partial charge in [-0.2, -0.15) is 8.78 Å². The number of allylic oxidation sites excluding steroid dienone is 7. The van der Waals surface area contributed by atoms with Crippen LogP contribution in [0.3, 0.4) is 0 Å². The fourth-order valence-electron chi connectivity index (χ4n) is 2.06. The summed E-state index contributed by atoms with van der Waals surface area (Å²) in [5.74, 6) is -4.66. The van der Waals surface area contributed by atoms with Gasteiger partial charge in [-0.25, -0.2) is 4.39 Å². The van der Waals surface area contributed by atoms with E-state index < -0.39 is 17.5 Å². The van der Waals surface area contributed by atoms with Crippen molar-refractivity contribution in [1.29, 1.82) is 0 Å². The van der Waals surface area contributed by atoms with E-state index in [1.54, 1.807) is 12.2 Å². The van der Waals surface area contributed by atoms with Gasteiger partial charge in [0.2, 0.25) is 17.6 Å². The lowest BCUT2D eigenvalue weighted by molar-refractivity contribution is -0.115. The zero-order valence-corrected chi connectivity index (χ0v) is 15.8. The molecular weight excluding hydrogens is 367 g/mol. The number of nitrogens with one attached hydrogen (secondary N) is 1. The van der Waals surface area contributed by atoms with Crippen molar-refractivity contribution < 1.29 is 18.0 Å². The second-order valence-electron chi connectivity index (χ2n) is 5.50. The molecule has 1 aliphatic rings. The summed E-state index contributed by atoms with van der Waals surface area (Å²) in [6.07, 6.45) is 13.7. The molecule has 0 aromatic heterocycles. The first-order valence-electron chi connectivity index (χ1n) is 8.45. The van der Waals surface area contributed by atoms with Gasteiger partial charge < -0.3 is 10.2 Å². The van der Waals surface area contributed by atoms with E-state index in [2.05, 4.69) is 16.9 Å². The van der Waals surface area contributed by atoms with Crippen molar-refractivity contribution in [2.45, 2.75) is 13.3 Å². The van der Waals surface area contributed by atoms with Gasteiger partial charge in [-0.15, -0.1) is 0 Å². The highest BCUT2D eigenvalue weighted by Crippen LogP contribution is 2.23. The molecule has 1 aliphatic carbocycles. The Morgan fingerprint density at radius 1 is 1.36 bits per heavy atom. The van der Waals surface area contributed by atoms with Crippen LogP contribution in [0.1, 0.15) is 13.3 Å². The number of halogens is 3. The molecule has 0 atom stereocenters. The van der Waals surface area contributed by atoms with Crippen LogP contribution in [0, 0.1) is 0 Å². The molecule has 1 N–H and O–H groups in total. The summed E-state index contributed by atoms with van der Waals surface area (Å²) in [6.45, 7) is 5.69. The number of carbonyl (C=O) groups excluding carboxylic acids is 1. The van der Waals surface area contributed by atoms with E-state index in [0.29, 0.717) is 0 Å². The van der Waals surface area contributed by atoms with E-state index in [1.165, 1.54) is 36.8 Å². The summed E-state index contributed by atoms with van der Waals surface area (Å²) in [6, 6.07) is 0. The van der Waals surface area contributed by atoms with Crippen LogP contribution in [0.2, 0.25) is 0 Å². The molecule has 0 bridgehead atoms. The fraction of sp³-hybridized carbons (Fsp3) is 0.190. The Balaban J connectivity index is 2.78. The van der Waals surface area contributed by atoms with Crippen LogP contribution in [-0.4, -0.2) is 30.7 Å². The van der Waals surface area contributed by atoms with Gasteiger partial charge in [-0.3, -0.25) is 9.79 Å². The SMILES string of the molecule is C=CC(=CCC)/C=C/C(=O)N/C=C/N(C=NC)CC1=CC(F)=C(F)C(F)=C=C1. The molecule has 0 saturated heterocycles. The topological polar surface area (TPSA) is 44.7 Å². The van der Waals surface area contributed by atoms with Gasteiger partial charge in [0.15, 0.2) is 5.83 Å². The summed E-state index contributed by atoms with van der Waals surface area (Å²) < 4.78 is 40.0. The van der Waals surface area contributed by atoms with Gasteiger partial charge >= 0.3 is 0 Å². The van der Waals surface area contributed by atoms with E-state index in [0.717, 1.165) is 24.1 Å². The third kappa shape index (κ3) is 7.93. The average Bonchev–Trinajstić information content (AvgIpc) is 2.79. The number of hydrogen-bond donors (Lipinski definition) is 1. The summed E-state index contributed by atoms with van der Waals surface area (Å²) >= 11 is 0. The van der Waals surface area contributed by atoms with E-state index in [4.69, 9.17) is 0 Å². The van der Waals surface area contributed by atoms with Crippen LogP contribution in [0.15, 0.2) is 94.8 Å². The van der Waals surface area contributed by atoms with Crippen molar-refractivity contribution in [2.75, 3.05) is 13.6 Å². The molecule has 0 radical (unpaired) electrons. The van der Waals surface area contributed by atoms with Crippen molar-refractivity contribution in [1.82, 2.24) is 10.2 Å². The lowest BCUT2D eigenvalue weighted by Gasteiger charge is -2.14. The lowest BCUT2D eigenvalue weighted by atomic mass is 10.2. The maximum atomic E-state index is 13.5. The van der Waals surface area contributed by atoms with Crippen LogP contribution in [0.25, 0.3) is 0 Å². The molecule has 0 spiro atoms. The van der Waals surface area contributed by atoms with Crippen LogP contribution in [0.5, 0.6) is 0 Å². The molecule has 0 heterocycles. The van der Waals surface area contributed by atoms with E-state index in [1.807, 2.05) is 18.7 Å². The highest BCUT2D eigenvalue weighted by Gasteiger charge is 2.13. The van der Waals surface area contributed by atoms with Gasteiger partial charge in [-0.05, 0) is 35.8 Å². The average molecular weight is 389 g/mol. The number of carbonyl (C=O) groups is 1. The lowest BCUT2D eigenvalue weighted by Crippen LogP contribution is -2.20. The molecular formula is C21H22F3N3O. The van der Waals surface area contributed by atoms with Crippen molar-refractivity contribution >= 4 is 12.2 Å². The molecule has 0 unspecified atom stereocenters. The molecule has 1 rings (SSSR count). The van der Waals surface area contributed by atoms with E-state index in [-0.39, 0.29) is 18.0 Å². The molecule has 28 heavy (non-hydrogen) atoms. The van der Waals surface area contributed by atoms with E-state index in [9.17, 15) is 18.0 Å². The number of hydrogen-bond acceptors (Lipinski definition) is 2. The molecule has 7 heteroatoms. The summed E-state index contributed by atoms with van der Waals surface area (Å²) in [4.78, 5) is 17.2. The minimum absolute atomic E-state index is 0.0559. The number of aliphatic imine (C=N–C) groups is 1. The van der Waals surface area contributed by atoms with Crippen LogP contribution in [0.4, 0.5) is 13.2 Å². The molecule has 0 aromatic carbocycles. The van der Waals surface area contributed by atoms with Crippen molar-refractivity contribution in [3.05, 3.63) is 89.8 Å². The van der Waals surface area contributed by atoms with Crippen LogP contribution < -0.4 is 5.32 Å². The minimum Gasteiger partial charge on any atom is -0.333 e. The van der Waals surface area contributed by atoms with Gasteiger partial charge in [0.1, 0.15) is 0 Å². The third-order valence-electron chi connectivity index (χ3n) is 3.32. The number of rotatable bonds is 9. The maximum Gasteiger partial charge on any atom is 0.247 e. The van der Waals surface area contributed by atoms with Gasteiger partial charge in [0, 0.05) is 32.1 Å². The molecule has 0 aromatic rings. The maximum absolute atomic E-state index is 13.5. The molecule has 148 valence electrons. The van der Waals surface area contributed by atoms with E-state index >= 15 is 0 Å².